The number of fused-ring (bicyclic) bond motifs is 1. The van der Waals surface area contributed by atoms with Crippen molar-refractivity contribution >= 4 is 11.3 Å². The molecule has 3 aromatic rings. The maximum atomic E-state index is 5.90. The van der Waals surface area contributed by atoms with Crippen molar-refractivity contribution in [1.29, 1.82) is 0 Å². The van der Waals surface area contributed by atoms with Crippen molar-refractivity contribution in [3.05, 3.63) is 42.6 Å². The second-order valence-corrected chi connectivity index (χ2v) is 3.91. The van der Waals surface area contributed by atoms with E-state index in [9.17, 15) is 0 Å². The van der Waals surface area contributed by atoms with E-state index in [2.05, 4.69) is 10.2 Å². The van der Waals surface area contributed by atoms with Crippen LogP contribution < -0.4 is 10.5 Å². The second-order valence-electron chi connectivity index (χ2n) is 3.91. The highest BCUT2D eigenvalue weighted by atomic mass is 16.5. The molecule has 2 aromatic heterocycles. The van der Waals surface area contributed by atoms with Crippen molar-refractivity contribution in [3.8, 4) is 17.1 Å². The Bertz CT molecular complexity index is 705. The average Bonchev–Trinajstić information content (AvgIpc) is 2.82. The van der Waals surface area contributed by atoms with E-state index in [1.54, 1.807) is 7.11 Å². The molecule has 5 heteroatoms. The molecule has 0 radical (unpaired) electrons. The Morgan fingerprint density at radius 1 is 1.17 bits per heavy atom. The number of nitrogen functional groups attached to an aromatic ring is 1. The number of anilines is 1. The molecule has 90 valence electrons. The lowest BCUT2D eigenvalue weighted by Crippen LogP contribution is -1.94. The first-order valence-corrected chi connectivity index (χ1v) is 5.53. The highest BCUT2D eigenvalue weighted by Gasteiger charge is 2.09. The summed E-state index contributed by atoms with van der Waals surface area (Å²) in [6.07, 6.45) is 1.92. The molecule has 0 aliphatic rings. The number of aromatic nitrogens is 3. The van der Waals surface area contributed by atoms with Gasteiger partial charge < -0.3 is 10.5 Å². The van der Waals surface area contributed by atoms with Gasteiger partial charge in [0.2, 0.25) is 0 Å². The molecule has 2 heterocycles. The van der Waals surface area contributed by atoms with Gasteiger partial charge in [0.05, 0.1) is 12.8 Å². The number of nitrogens with zero attached hydrogens (tertiary/aromatic N) is 3. The third kappa shape index (κ3) is 1.57. The second kappa shape index (κ2) is 4.03. The summed E-state index contributed by atoms with van der Waals surface area (Å²) in [6, 6.07) is 11.3. The third-order valence-electron chi connectivity index (χ3n) is 2.80. The first kappa shape index (κ1) is 10.6. The third-order valence-corrected chi connectivity index (χ3v) is 2.80. The fraction of sp³-hybridized carbons (Fsp3) is 0.0769. The molecular weight excluding hydrogens is 228 g/mol. The number of ether oxygens (including phenoxy) is 1. The number of methoxy groups -OCH3 is 1. The first-order chi connectivity index (χ1) is 8.79. The summed E-state index contributed by atoms with van der Waals surface area (Å²) >= 11 is 0. The molecule has 0 amide bonds. The van der Waals surface area contributed by atoms with Crippen LogP contribution >= 0.6 is 0 Å². The van der Waals surface area contributed by atoms with Gasteiger partial charge in [0.1, 0.15) is 5.75 Å². The van der Waals surface area contributed by atoms with Crippen LogP contribution in [0, 0.1) is 0 Å². The minimum absolute atomic E-state index is 0.586. The molecule has 0 unspecified atom stereocenters. The molecule has 0 bridgehead atoms. The van der Waals surface area contributed by atoms with Gasteiger partial charge in [-0.15, -0.1) is 10.2 Å². The summed E-state index contributed by atoms with van der Waals surface area (Å²) in [7, 11) is 1.60. The largest absolute Gasteiger partial charge is 0.495 e. The molecule has 0 saturated heterocycles. The van der Waals surface area contributed by atoms with Crippen molar-refractivity contribution in [1.82, 2.24) is 14.6 Å². The van der Waals surface area contributed by atoms with E-state index in [0.29, 0.717) is 11.4 Å². The van der Waals surface area contributed by atoms with E-state index in [0.717, 1.165) is 17.0 Å². The van der Waals surface area contributed by atoms with Crippen molar-refractivity contribution in [3.63, 3.8) is 0 Å². The van der Waals surface area contributed by atoms with E-state index >= 15 is 0 Å². The van der Waals surface area contributed by atoms with Gasteiger partial charge in [0, 0.05) is 11.8 Å². The molecule has 3 rings (SSSR count). The molecule has 0 aliphatic heterocycles. The molecule has 0 saturated carbocycles. The standard InChI is InChI=1S/C13H12N4O/c1-18-11-6-5-9(8-10(11)14)13-16-15-12-4-2-3-7-17(12)13/h2-8H,14H2,1H3. The minimum atomic E-state index is 0.586. The lowest BCUT2D eigenvalue weighted by atomic mass is 10.2. The summed E-state index contributed by atoms with van der Waals surface area (Å²) in [4.78, 5) is 0. The number of nitrogens with two attached hydrogens (primary N) is 1. The Hall–Kier alpha value is -2.56. The van der Waals surface area contributed by atoms with E-state index in [1.807, 2.05) is 47.0 Å². The lowest BCUT2D eigenvalue weighted by molar-refractivity contribution is 0.417. The van der Waals surface area contributed by atoms with Gasteiger partial charge in [-0.1, -0.05) is 6.07 Å². The van der Waals surface area contributed by atoms with Crippen LogP contribution in [0.5, 0.6) is 5.75 Å². The predicted molar refractivity (Wildman–Crippen MR) is 69.4 cm³/mol. The zero-order chi connectivity index (χ0) is 12.5. The van der Waals surface area contributed by atoms with Crippen LogP contribution in [0.25, 0.3) is 17.0 Å². The Morgan fingerprint density at radius 3 is 2.83 bits per heavy atom. The lowest BCUT2D eigenvalue weighted by Gasteiger charge is -2.06. The van der Waals surface area contributed by atoms with Crippen molar-refractivity contribution in [2.45, 2.75) is 0 Å². The van der Waals surface area contributed by atoms with Gasteiger partial charge in [0.25, 0.3) is 0 Å². The SMILES string of the molecule is COc1ccc(-c2nnc3ccccn23)cc1N. The fourth-order valence-electron chi connectivity index (χ4n) is 1.91. The van der Waals surface area contributed by atoms with Gasteiger partial charge in [-0.3, -0.25) is 4.40 Å². The fourth-order valence-corrected chi connectivity index (χ4v) is 1.91. The molecular formula is C13H12N4O. The average molecular weight is 240 g/mol. The van der Waals surface area contributed by atoms with Crippen molar-refractivity contribution in [2.24, 2.45) is 0 Å². The van der Waals surface area contributed by atoms with Gasteiger partial charge >= 0.3 is 0 Å². The maximum Gasteiger partial charge on any atom is 0.168 e. The van der Waals surface area contributed by atoms with Gasteiger partial charge in [-0.2, -0.15) is 0 Å². The zero-order valence-corrected chi connectivity index (χ0v) is 9.87. The van der Waals surface area contributed by atoms with Crippen LogP contribution in [0.4, 0.5) is 5.69 Å². The maximum absolute atomic E-state index is 5.90. The quantitative estimate of drug-likeness (QED) is 0.696. The molecule has 0 spiro atoms. The van der Waals surface area contributed by atoms with Crippen molar-refractivity contribution in [2.75, 3.05) is 12.8 Å². The highest BCUT2D eigenvalue weighted by molar-refractivity contribution is 5.67. The number of benzene rings is 1. The van der Waals surface area contributed by atoms with Crippen molar-refractivity contribution < 1.29 is 4.74 Å². The normalized spacial score (nSPS) is 10.7. The number of hydrogen-bond donors (Lipinski definition) is 1. The number of rotatable bonds is 2. The number of pyridine rings is 1. The molecule has 18 heavy (non-hydrogen) atoms. The summed E-state index contributed by atoms with van der Waals surface area (Å²) in [5.41, 5.74) is 8.20. The summed E-state index contributed by atoms with van der Waals surface area (Å²) < 4.78 is 7.05. The summed E-state index contributed by atoms with van der Waals surface area (Å²) in [5.74, 6) is 1.42. The topological polar surface area (TPSA) is 65.4 Å². The van der Waals surface area contributed by atoms with Crippen LogP contribution in [0.15, 0.2) is 42.6 Å². The van der Waals surface area contributed by atoms with E-state index < -0.39 is 0 Å². The van der Waals surface area contributed by atoms with Crippen LogP contribution in [0.1, 0.15) is 0 Å². The smallest absolute Gasteiger partial charge is 0.168 e. The summed E-state index contributed by atoms with van der Waals surface area (Å²) in [6.45, 7) is 0. The van der Waals surface area contributed by atoms with E-state index in [1.165, 1.54) is 0 Å². The Labute approximate surface area is 104 Å². The predicted octanol–water partition coefficient (Wildman–Crippen LogP) is 1.99. The Morgan fingerprint density at radius 2 is 2.06 bits per heavy atom. The summed E-state index contributed by atoms with van der Waals surface area (Å²) in [5, 5.41) is 8.29. The minimum Gasteiger partial charge on any atom is -0.495 e. The van der Waals surface area contributed by atoms with E-state index in [4.69, 9.17) is 10.5 Å². The molecule has 5 nitrogen and oxygen atoms in total. The Balaban J connectivity index is 2.17. The van der Waals surface area contributed by atoms with Crippen LogP contribution in [0.2, 0.25) is 0 Å². The monoisotopic (exact) mass is 240 g/mol. The van der Waals surface area contributed by atoms with Crippen LogP contribution in [-0.4, -0.2) is 21.7 Å². The van der Waals surface area contributed by atoms with E-state index in [-0.39, 0.29) is 0 Å². The molecule has 2 N–H and O–H groups in total. The molecule has 1 aromatic carbocycles. The molecule has 0 fully saturated rings. The van der Waals surface area contributed by atoms with Gasteiger partial charge in [-0.05, 0) is 30.3 Å². The van der Waals surface area contributed by atoms with Crippen LogP contribution in [0.3, 0.4) is 0 Å². The molecule has 0 atom stereocenters. The number of hydrogen-bond acceptors (Lipinski definition) is 4. The zero-order valence-electron chi connectivity index (χ0n) is 9.87. The van der Waals surface area contributed by atoms with Gasteiger partial charge in [-0.25, -0.2) is 0 Å². The highest BCUT2D eigenvalue weighted by Crippen LogP contribution is 2.27. The van der Waals surface area contributed by atoms with Gasteiger partial charge in [0.15, 0.2) is 11.5 Å². The molecule has 0 aliphatic carbocycles. The van der Waals surface area contributed by atoms with Crippen LogP contribution in [-0.2, 0) is 0 Å². The Kier molecular flexibility index (Phi) is 2.37. The first-order valence-electron chi connectivity index (χ1n) is 5.53.